The molecule has 1 aliphatic heterocycles. The molecule has 0 amide bonds. The van der Waals surface area contributed by atoms with Crippen LogP contribution in [0.4, 0.5) is 11.8 Å². The summed E-state index contributed by atoms with van der Waals surface area (Å²) < 4.78 is 5.18. The summed E-state index contributed by atoms with van der Waals surface area (Å²) in [5, 5.41) is 3.83. The van der Waals surface area contributed by atoms with Crippen LogP contribution in [0.25, 0.3) is 0 Å². The predicted molar refractivity (Wildman–Crippen MR) is 82.9 cm³/mol. The van der Waals surface area contributed by atoms with Gasteiger partial charge in [0.2, 0.25) is 11.8 Å². The van der Waals surface area contributed by atoms with Crippen molar-refractivity contribution in [2.45, 2.75) is 13.5 Å². The van der Waals surface area contributed by atoms with E-state index in [1.807, 2.05) is 38.2 Å². The van der Waals surface area contributed by atoms with E-state index in [4.69, 9.17) is 4.52 Å². The second kappa shape index (κ2) is 6.27. The lowest BCUT2D eigenvalue weighted by atomic mass is 10.3. The van der Waals surface area contributed by atoms with Crippen LogP contribution in [0.2, 0.25) is 0 Å². The van der Waals surface area contributed by atoms with Gasteiger partial charge in [-0.2, -0.15) is 9.97 Å². The van der Waals surface area contributed by atoms with Crippen LogP contribution in [0.3, 0.4) is 0 Å². The maximum absolute atomic E-state index is 5.18. The molecule has 0 unspecified atom stereocenters. The Hall–Kier alpha value is -2.22. The molecule has 0 N–H and O–H groups in total. The smallest absolute Gasteiger partial charge is 0.240 e. The van der Waals surface area contributed by atoms with Gasteiger partial charge in [0, 0.05) is 46.5 Å². The van der Waals surface area contributed by atoms with E-state index < -0.39 is 0 Å². The number of piperazine rings is 1. The fourth-order valence-corrected chi connectivity index (χ4v) is 2.46. The Kier molecular flexibility index (Phi) is 4.19. The summed E-state index contributed by atoms with van der Waals surface area (Å²) >= 11 is 0. The molecule has 1 fully saturated rings. The lowest BCUT2D eigenvalue weighted by Crippen LogP contribution is -2.46. The Morgan fingerprint density at radius 1 is 1.18 bits per heavy atom. The first-order valence-electron chi connectivity index (χ1n) is 7.38. The fraction of sp³-hybridized carbons (Fsp3) is 0.571. The van der Waals surface area contributed by atoms with Crippen LogP contribution in [0.1, 0.15) is 11.7 Å². The Labute approximate surface area is 129 Å². The molecule has 8 nitrogen and oxygen atoms in total. The van der Waals surface area contributed by atoms with E-state index in [0.717, 1.165) is 37.9 Å². The minimum atomic E-state index is 0.683. The zero-order valence-electron chi connectivity index (χ0n) is 13.2. The lowest BCUT2D eigenvalue weighted by Gasteiger charge is -2.34. The minimum absolute atomic E-state index is 0.683. The summed E-state index contributed by atoms with van der Waals surface area (Å²) in [7, 11) is 3.90. The normalized spacial score (nSPS) is 16.0. The van der Waals surface area contributed by atoms with Crippen LogP contribution in [0.5, 0.6) is 0 Å². The monoisotopic (exact) mass is 303 g/mol. The number of hydrogen-bond donors (Lipinski definition) is 0. The zero-order valence-corrected chi connectivity index (χ0v) is 13.2. The van der Waals surface area contributed by atoms with Crippen molar-refractivity contribution in [1.29, 1.82) is 0 Å². The lowest BCUT2D eigenvalue weighted by molar-refractivity contribution is 0.215. The summed E-state index contributed by atoms with van der Waals surface area (Å²) in [5.41, 5.74) is 0. The van der Waals surface area contributed by atoms with Crippen molar-refractivity contribution in [3.05, 3.63) is 24.0 Å². The topological polar surface area (TPSA) is 74.4 Å². The average Bonchev–Trinajstić information content (AvgIpc) is 2.93. The first kappa shape index (κ1) is 14.7. The number of anilines is 2. The number of nitrogens with zero attached hydrogens (tertiary/aromatic N) is 7. The number of aryl methyl sites for hydroxylation is 1. The maximum Gasteiger partial charge on any atom is 0.240 e. The number of rotatable bonds is 4. The molecule has 8 heteroatoms. The average molecular weight is 303 g/mol. The molecule has 0 spiro atoms. The van der Waals surface area contributed by atoms with E-state index in [2.05, 4.69) is 29.9 Å². The quantitative estimate of drug-likeness (QED) is 0.811. The zero-order chi connectivity index (χ0) is 15.5. The summed E-state index contributed by atoms with van der Waals surface area (Å²) in [5.74, 6) is 3.09. The molecule has 1 saturated heterocycles. The highest BCUT2D eigenvalue weighted by molar-refractivity contribution is 5.43. The standard InChI is InChI=1S/C14H21N7O/c1-11-16-13(22-18-11)10-20-6-8-21(9-7-20)12-4-5-15-14(17-12)19(2)3/h4-5H,6-10H2,1-3H3. The van der Waals surface area contributed by atoms with Gasteiger partial charge in [0.05, 0.1) is 6.54 Å². The van der Waals surface area contributed by atoms with Crippen LogP contribution in [-0.4, -0.2) is 65.3 Å². The van der Waals surface area contributed by atoms with Gasteiger partial charge in [0.25, 0.3) is 0 Å². The minimum Gasteiger partial charge on any atom is -0.354 e. The highest BCUT2D eigenvalue weighted by Gasteiger charge is 2.20. The van der Waals surface area contributed by atoms with Crippen LogP contribution >= 0.6 is 0 Å². The van der Waals surface area contributed by atoms with Crippen molar-refractivity contribution >= 4 is 11.8 Å². The highest BCUT2D eigenvalue weighted by atomic mass is 16.5. The van der Waals surface area contributed by atoms with E-state index in [9.17, 15) is 0 Å². The van der Waals surface area contributed by atoms with Crippen molar-refractivity contribution in [3.8, 4) is 0 Å². The molecule has 2 aromatic rings. The van der Waals surface area contributed by atoms with Crippen molar-refractivity contribution in [3.63, 3.8) is 0 Å². The second-order valence-corrected chi connectivity index (χ2v) is 5.61. The molecule has 0 bridgehead atoms. The van der Waals surface area contributed by atoms with E-state index >= 15 is 0 Å². The fourth-order valence-electron chi connectivity index (χ4n) is 2.46. The van der Waals surface area contributed by atoms with E-state index in [0.29, 0.717) is 18.3 Å². The molecular formula is C14H21N7O. The SMILES string of the molecule is Cc1noc(CN2CCN(c3ccnc(N(C)C)n3)CC2)n1. The molecule has 0 atom stereocenters. The van der Waals surface area contributed by atoms with E-state index in [1.54, 1.807) is 0 Å². The molecule has 118 valence electrons. The molecular weight excluding hydrogens is 282 g/mol. The Balaban J connectivity index is 1.58. The van der Waals surface area contributed by atoms with Crippen molar-refractivity contribution in [2.75, 3.05) is 50.1 Å². The van der Waals surface area contributed by atoms with Gasteiger partial charge in [-0.25, -0.2) is 4.98 Å². The molecule has 0 radical (unpaired) electrons. The van der Waals surface area contributed by atoms with Crippen LogP contribution < -0.4 is 9.80 Å². The second-order valence-electron chi connectivity index (χ2n) is 5.61. The molecule has 3 heterocycles. The first-order valence-corrected chi connectivity index (χ1v) is 7.38. The van der Waals surface area contributed by atoms with Gasteiger partial charge >= 0.3 is 0 Å². The third kappa shape index (κ3) is 3.33. The van der Waals surface area contributed by atoms with Gasteiger partial charge in [-0.1, -0.05) is 5.16 Å². The largest absolute Gasteiger partial charge is 0.354 e. The molecule has 3 rings (SSSR count). The molecule has 22 heavy (non-hydrogen) atoms. The van der Waals surface area contributed by atoms with Gasteiger partial charge in [0.1, 0.15) is 5.82 Å². The van der Waals surface area contributed by atoms with Gasteiger partial charge in [-0.3, -0.25) is 4.90 Å². The molecule has 2 aromatic heterocycles. The Morgan fingerprint density at radius 2 is 1.95 bits per heavy atom. The van der Waals surface area contributed by atoms with E-state index in [-0.39, 0.29) is 0 Å². The Bertz CT molecular complexity index is 619. The summed E-state index contributed by atoms with van der Waals surface area (Å²) in [6.45, 7) is 6.29. The molecule has 0 aromatic carbocycles. The summed E-state index contributed by atoms with van der Waals surface area (Å²) in [6.07, 6.45) is 1.81. The van der Waals surface area contributed by atoms with Gasteiger partial charge in [0.15, 0.2) is 5.82 Å². The summed E-state index contributed by atoms with van der Waals surface area (Å²) in [4.78, 5) is 19.6. The van der Waals surface area contributed by atoms with Crippen LogP contribution in [0, 0.1) is 6.92 Å². The molecule has 1 aliphatic rings. The Morgan fingerprint density at radius 3 is 2.59 bits per heavy atom. The molecule has 0 saturated carbocycles. The maximum atomic E-state index is 5.18. The van der Waals surface area contributed by atoms with Crippen molar-refractivity contribution in [2.24, 2.45) is 0 Å². The van der Waals surface area contributed by atoms with E-state index in [1.165, 1.54) is 0 Å². The third-order valence-electron chi connectivity index (χ3n) is 3.65. The highest BCUT2D eigenvalue weighted by Crippen LogP contribution is 2.16. The van der Waals surface area contributed by atoms with Gasteiger partial charge in [-0.05, 0) is 13.0 Å². The number of aromatic nitrogens is 4. The van der Waals surface area contributed by atoms with Crippen LogP contribution in [0.15, 0.2) is 16.8 Å². The van der Waals surface area contributed by atoms with Gasteiger partial charge in [-0.15, -0.1) is 0 Å². The number of hydrogen-bond acceptors (Lipinski definition) is 8. The van der Waals surface area contributed by atoms with Crippen LogP contribution in [-0.2, 0) is 6.54 Å². The third-order valence-corrected chi connectivity index (χ3v) is 3.65. The van der Waals surface area contributed by atoms with Crippen molar-refractivity contribution < 1.29 is 4.52 Å². The van der Waals surface area contributed by atoms with Crippen molar-refractivity contribution in [1.82, 2.24) is 25.0 Å². The van der Waals surface area contributed by atoms with Gasteiger partial charge < -0.3 is 14.3 Å². The predicted octanol–water partition coefficient (Wildman–Crippen LogP) is 0.556. The summed E-state index contributed by atoms with van der Waals surface area (Å²) in [6, 6.07) is 1.96. The molecule has 0 aliphatic carbocycles. The first-order chi connectivity index (χ1) is 10.6.